The second-order valence-electron chi connectivity index (χ2n) is 5.95. The Hall–Kier alpha value is -3.82. The van der Waals surface area contributed by atoms with Crippen LogP contribution in [0.1, 0.15) is 33.7 Å². The third kappa shape index (κ3) is 3.95. The monoisotopic (exact) mass is 382 g/mol. The van der Waals surface area contributed by atoms with Crippen LogP contribution in [0, 0.1) is 13.8 Å². The van der Waals surface area contributed by atoms with Crippen molar-refractivity contribution in [3.8, 4) is 0 Å². The number of hydrogen-bond acceptors (Lipinski definition) is 7. The fourth-order valence-corrected chi connectivity index (χ4v) is 2.55. The lowest BCUT2D eigenvalue weighted by molar-refractivity contribution is -0.129. The zero-order chi connectivity index (χ0) is 20.3. The highest BCUT2D eigenvalue weighted by Crippen LogP contribution is 2.19. The number of urea groups is 1. The standard InChI is InChI=1S/C18H18N6O4/c1-10-9-11(2)24-17(20-10)21-14(23-24)16(26)28-13(12-7-5-4-6-8-12)15(25)22-18(27)19-3/h4-9,13H,1-3H3,(H2,19,22,25,27)/t13-/m0/s1. The number of benzene rings is 1. The van der Waals surface area contributed by atoms with E-state index in [-0.39, 0.29) is 11.6 Å². The topological polar surface area (TPSA) is 128 Å². The van der Waals surface area contributed by atoms with Crippen molar-refractivity contribution in [2.75, 3.05) is 7.05 Å². The number of nitrogens with one attached hydrogen (secondary N) is 2. The van der Waals surface area contributed by atoms with E-state index >= 15 is 0 Å². The van der Waals surface area contributed by atoms with Crippen molar-refractivity contribution in [2.24, 2.45) is 0 Å². The molecule has 0 aliphatic carbocycles. The molecule has 1 aromatic carbocycles. The van der Waals surface area contributed by atoms with Gasteiger partial charge >= 0.3 is 12.0 Å². The second-order valence-corrected chi connectivity index (χ2v) is 5.95. The van der Waals surface area contributed by atoms with Gasteiger partial charge in [-0.15, -0.1) is 5.10 Å². The van der Waals surface area contributed by atoms with Gasteiger partial charge in [-0.25, -0.2) is 19.1 Å². The molecule has 28 heavy (non-hydrogen) atoms. The zero-order valence-electron chi connectivity index (χ0n) is 15.5. The van der Waals surface area contributed by atoms with Gasteiger partial charge in [-0.05, 0) is 19.9 Å². The Morgan fingerprint density at radius 1 is 1.11 bits per heavy atom. The third-order valence-electron chi connectivity index (χ3n) is 3.83. The molecule has 0 saturated heterocycles. The molecule has 2 aromatic heterocycles. The van der Waals surface area contributed by atoms with Gasteiger partial charge in [-0.2, -0.15) is 4.98 Å². The van der Waals surface area contributed by atoms with E-state index in [9.17, 15) is 14.4 Å². The molecule has 0 radical (unpaired) electrons. The summed E-state index contributed by atoms with van der Waals surface area (Å²) in [5.74, 6) is -1.71. The van der Waals surface area contributed by atoms with Gasteiger partial charge in [0.25, 0.3) is 17.5 Å². The molecule has 0 bridgehead atoms. The van der Waals surface area contributed by atoms with Crippen LogP contribution in [0.5, 0.6) is 0 Å². The smallest absolute Gasteiger partial charge is 0.379 e. The summed E-state index contributed by atoms with van der Waals surface area (Å²) in [4.78, 5) is 44.8. The number of nitrogens with zero attached hydrogens (tertiary/aromatic N) is 4. The predicted molar refractivity (Wildman–Crippen MR) is 97.5 cm³/mol. The summed E-state index contributed by atoms with van der Waals surface area (Å²) >= 11 is 0. The van der Waals surface area contributed by atoms with E-state index in [1.807, 2.05) is 0 Å². The van der Waals surface area contributed by atoms with Crippen LogP contribution in [0.3, 0.4) is 0 Å². The molecule has 0 fully saturated rings. The van der Waals surface area contributed by atoms with Crippen LogP contribution < -0.4 is 10.6 Å². The van der Waals surface area contributed by atoms with E-state index in [1.54, 1.807) is 50.2 Å². The third-order valence-corrected chi connectivity index (χ3v) is 3.83. The Labute approximate surface area is 159 Å². The van der Waals surface area contributed by atoms with Gasteiger partial charge in [0.05, 0.1) is 0 Å². The van der Waals surface area contributed by atoms with Crippen LogP contribution in [0.15, 0.2) is 36.4 Å². The van der Waals surface area contributed by atoms with E-state index in [1.165, 1.54) is 11.6 Å². The van der Waals surface area contributed by atoms with Gasteiger partial charge in [0.1, 0.15) is 0 Å². The lowest BCUT2D eigenvalue weighted by atomic mass is 10.1. The van der Waals surface area contributed by atoms with Crippen molar-refractivity contribution in [3.63, 3.8) is 0 Å². The summed E-state index contributed by atoms with van der Waals surface area (Å²) in [6.07, 6.45) is -1.35. The molecule has 0 aliphatic rings. The van der Waals surface area contributed by atoms with Crippen LogP contribution in [0.2, 0.25) is 0 Å². The van der Waals surface area contributed by atoms with E-state index in [4.69, 9.17) is 4.74 Å². The molecule has 10 nitrogen and oxygen atoms in total. The van der Waals surface area contributed by atoms with E-state index in [0.717, 1.165) is 11.4 Å². The number of ether oxygens (including phenoxy) is 1. The molecule has 3 rings (SSSR count). The SMILES string of the molecule is CNC(=O)NC(=O)[C@@H](OC(=O)c1nc2nc(C)cc(C)n2n1)c1ccccc1. The first-order valence-corrected chi connectivity index (χ1v) is 8.38. The molecule has 0 spiro atoms. The number of aryl methyl sites for hydroxylation is 2. The number of imide groups is 1. The van der Waals surface area contributed by atoms with E-state index < -0.39 is 24.0 Å². The molecular weight excluding hydrogens is 364 g/mol. The number of hydrogen-bond donors (Lipinski definition) is 2. The molecule has 144 valence electrons. The number of esters is 1. The Kier molecular flexibility index (Phi) is 5.30. The van der Waals surface area contributed by atoms with Gasteiger partial charge in [0.2, 0.25) is 6.10 Å². The van der Waals surface area contributed by atoms with Crippen molar-refractivity contribution in [1.29, 1.82) is 0 Å². The number of fused-ring (bicyclic) bond motifs is 1. The molecule has 0 saturated carbocycles. The minimum absolute atomic E-state index is 0.241. The highest BCUT2D eigenvalue weighted by Gasteiger charge is 2.28. The van der Waals surface area contributed by atoms with Crippen LogP contribution >= 0.6 is 0 Å². The quantitative estimate of drug-likeness (QED) is 0.647. The summed E-state index contributed by atoms with van der Waals surface area (Å²) in [5, 5.41) is 8.47. The van der Waals surface area contributed by atoms with E-state index in [2.05, 4.69) is 25.7 Å². The lowest BCUT2D eigenvalue weighted by Gasteiger charge is -2.16. The maximum atomic E-state index is 12.6. The van der Waals surface area contributed by atoms with Crippen molar-refractivity contribution in [1.82, 2.24) is 30.2 Å². The molecule has 1 atom stereocenters. The maximum Gasteiger partial charge on any atom is 0.379 e. The van der Waals surface area contributed by atoms with Crippen molar-refractivity contribution in [2.45, 2.75) is 20.0 Å². The predicted octanol–water partition coefficient (Wildman–Crippen LogP) is 1.09. The molecule has 3 aromatic rings. The summed E-state index contributed by atoms with van der Waals surface area (Å²) < 4.78 is 6.74. The fraction of sp³-hybridized carbons (Fsp3) is 0.222. The highest BCUT2D eigenvalue weighted by atomic mass is 16.5. The van der Waals surface area contributed by atoms with Gasteiger partial charge in [-0.1, -0.05) is 30.3 Å². The first-order chi connectivity index (χ1) is 13.4. The normalized spacial score (nSPS) is 11.7. The Morgan fingerprint density at radius 3 is 2.50 bits per heavy atom. The maximum absolute atomic E-state index is 12.6. The summed E-state index contributed by atoms with van der Waals surface area (Å²) in [7, 11) is 1.37. The summed E-state index contributed by atoms with van der Waals surface area (Å²) in [6.45, 7) is 3.60. The number of amides is 3. The van der Waals surface area contributed by atoms with Crippen molar-refractivity contribution >= 4 is 23.7 Å². The largest absolute Gasteiger partial charge is 0.441 e. The zero-order valence-corrected chi connectivity index (χ0v) is 15.5. The molecule has 2 heterocycles. The van der Waals surface area contributed by atoms with Crippen molar-refractivity contribution < 1.29 is 19.1 Å². The lowest BCUT2D eigenvalue weighted by Crippen LogP contribution is -2.41. The fourth-order valence-electron chi connectivity index (χ4n) is 2.55. The summed E-state index contributed by atoms with van der Waals surface area (Å²) in [6, 6.07) is 9.40. The van der Waals surface area contributed by atoms with Crippen LogP contribution in [0.25, 0.3) is 5.78 Å². The van der Waals surface area contributed by atoms with Crippen LogP contribution in [-0.4, -0.2) is 44.5 Å². The van der Waals surface area contributed by atoms with E-state index in [0.29, 0.717) is 5.56 Å². The molecule has 10 heteroatoms. The number of carbonyl (C=O) groups excluding carboxylic acids is 3. The number of carbonyl (C=O) groups is 3. The number of aromatic nitrogens is 4. The van der Waals surface area contributed by atoms with Gasteiger partial charge in [0.15, 0.2) is 0 Å². The Balaban J connectivity index is 1.90. The average molecular weight is 382 g/mol. The minimum Gasteiger partial charge on any atom is -0.441 e. The number of rotatable bonds is 4. The highest BCUT2D eigenvalue weighted by molar-refractivity contribution is 5.98. The Morgan fingerprint density at radius 2 is 1.82 bits per heavy atom. The molecule has 0 unspecified atom stereocenters. The van der Waals surface area contributed by atoms with Crippen LogP contribution in [0.4, 0.5) is 4.79 Å². The van der Waals surface area contributed by atoms with Gasteiger partial charge in [0, 0.05) is 24.0 Å². The second kappa shape index (κ2) is 7.82. The van der Waals surface area contributed by atoms with Crippen LogP contribution in [-0.2, 0) is 9.53 Å². The first-order valence-electron chi connectivity index (χ1n) is 8.38. The van der Waals surface area contributed by atoms with Crippen molar-refractivity contribution in [3.05, 3.63) is 59.2 Å². The average Bonchev–Trinajstić information content (AvgIpc) is 3.11. The molecule has 2 N–H and O–H groups in total. The summed E-state index contributed by atoms with van der Waals surface area (Å²) in [5.41, 5.74) is 1.86. The minimum atomic E-state index is -1.35. The van der Waals surface area contributed by atoms with Gasteiger partial charge < -0.3 is 10.1 Å². The Bertz CT molecular complexity index is 1050. The van der Waals surface area contributed by atoms with Gasteiger partial charge in [-0.3, -0.25) is 10.1 Å². The molecule has 3 amide bonds. The molecule has 0 aliphatic heterocycles. The first kappa shape index (κ1) is 19.0. The molecular formula is C18H18N6O4.